The highest BCUT2D eigenvalue weighted by Gasteiger charge is 2.03. The van der Waals surface area contributed by atoms with Gasteiger partial charge in [0.15, 0.2) is 0 Å². The van der Waals surface area contributed by atoms with Crippen LogP contribution in [0, 0.1) is 13.8 Å². The molecule has 0 saturated heterocycles. The summed E-state index contributed by atoms with van der Waals surface area (Å²) >= 11 is 0. The van der Waals surface area contributed by atoms with E-state index in [2.05, 4.69) is 17.2 Å². The van der Waals surface area contributed by atoms with E-state index in [1.165, 1.54) is 5.56 Å². The minimum absolute atomic E-state index is 0.691. The number of azo groups is 1. The minimum atomic E-state index is 0.691. The second-order valence-electron chi connectivity index (χ2n) is 4.86. The molecule has 0 unspecified atom stereocenters. The van der Waals surface area contributed by atoms with Crippen molar-refractivity contribution in [3.05, 3.63) is 53.6 Å². The molecule has 0 N–H and O–H groups in total. The summed E-state index contributed by atoms with van der Waals surface area (Å²) in [5.74, 6) is 0.786. The maximum atomic E-state index is 5.70. The molecule has 0 amide bonds. The Balaban J connectivity index is 2.25. The lowest BCUT2D eigenvalue weighted by atomic mass is 10.2. The van der Waals surface area contributed by atoms with Gasteiger partial charge in [-0.1, -0.05) is 25.1 Å². The Bertz CT molecular complexity index is 606. The molecule has 0 aliphatic rings. The molecular weight excluding hydrogens is 248 g/mol. The first-order chi connectivity index (χ1) is 9.69. The molecule has 0 bridgehead atoms. The second kappa shape index (κ2) is 6.85. The quantitative estimate of drug-likeness (QED) is 0.658. The van der Waals surface area contributed by atoms with Crippen molar-refractivity contribution in [2.75, 3.05) is 6.61 Å². The van der Waals surface area contributed by atoms with Gasteiger partial charge in [-0.05, 0) is 55.7 Å². The molecule has 0 aliphatic heterocycles. The molecule has 3 nitrogen and oxygen atoms in total. The summed E-state index contributed by atoms with van der Waals surface area (Å²) in [6.07, 6.45) is 0.975. The van der Waals surface area contributed by atoms with Gasteiger partial charge in [-0.15, -0.1) is 5.11 Å². The van der Waals surface area contributed by atoms with E-state index in [0.29, 0.717) is 6.61 Å². The van der Waals surface area contributed by atoms with Crippen molar-refractivity contribution in [3.8, 4) is 5.75 Å². The fourth-order valence-electron chi connectivity index (χ4n) is 1.84. The van der Waals surface area contributed by atoms with Gasteiger partial charge in [-0.2, -0.15) is 5.11 Å². The van der Waals surface area contributed by atoms with Crippen LogP contribution in [-0.4, -0.2) is 6.61 Å². The van der Waals surface area contributed by atoms with Crippen molar-refractivity contribution in [3.63, 3.8) is 0 Å². The van der Waals surface area contributed by atoms with Crippen LogP contribution in [0.5, 0.6) is 5.75 Å². The summed E-state index contributed by atoms with van der Waals surface area (Å²) in [6.45, 7) is 6.86. The fraction of sp³-hybridized carbons (Fsp3) is 0.294. The summed E-state index contributed by atoms with van der Waals surface area (Å²) < 4.78 is 5.70. The van der Waals surface area contributed by atoms with Crippen LogP contribution in [0.1, 0.15) is 24.5 Å². The molecule has 0 atom stereocenters. The van der Waals surface area contributed by atoms with Gasteiger partial charge in [0.05, 0.1) is 12.3 Å². The lowest BCUT2D eigenvalue weighted by Gasteiger charge is -2.07. The van der Waals surface area contributed by atoms with Gasteiger partial charge in [-0.3, -0.25) is 0 Å². The number of ether oxygens (including phenoxy) is 1. The van der Waals surface area contributed by atoms with Crippen LogP contribution in [0.2, 0.25) is 0 Å². The van der Waals surface area contributed by atoms with Crippen molar-refractivity contribution < 1.29 is 4.74 Å². The Hall–Kier alpha value is -2.16. The molecule has 0 aromatic heterocycles. The Morgan fingerprint density at radius 3 is 2.50 bits per heavy atom. The van der Waals surface area contributed by atoms with E-state index in [-0.39, 0.29) is 0 Å². The summed E-state index contributed by atoms with van der Waals surface area (Å²) in [5.41, 5.74) is 3.95. The van der Waals surface area contributed by atoms with Gasteiger partial charge < -0.3 is 4.74 Å². The van der Waals surface area contributed by atoms with Gasteiger partial charge in [0.1, 0.15) is 11.4 Å². The number of nitrogens with zero attached hydrogens (tertiary/aromatic N) is 2. The SMILES string of the molecule is CCCOc1ccc(C)cc1N=Nc1cccc(C)c1. The Morgan fingerprint density at radius 2 is 1.75 bits per heavy atom. The van der Waals surface area contributed by atoms with Gasteiger partial charge in [0, 0.05) is 0 Å². The molecule has 0 radical (unpaired) electrons. The van der Waals surface area contributed by atoms with Crippen LogP contribution in [0.15, 0.2) is 52.7 Å². The lowest BCUT2D eigenvalue weighted by molar-refractivity contribution is 0.318. The first kappa shape index (κ1) is 14.3. The van der Waals surface area contributed by atoms with Gasteiger partial charge in [0.25, 0.3) is 0 Å². The highest BCUT2D eigenvalue weighted by Crippen LogP contribution is 2.30. The summed E-state index contributed by atoms with van der Waals surface area (Å²) in [7, 11) is 0. The molecule has 2 aromatic rings. The highest BCUT2D eigenvalue weighted by molar-refractivity contribution is 5.53. The summed E-state index contributed by atoms with van der Waals surface area (Å²) in [5, 5.41) is 8.62. The molecule has 3 heteroatoms. The van der Waals surface area contributed by atoms with Crippen LogP contribution >= 0.6 is 0 Å². The number of benzene rings is 2. The minimum Gasteiger partial charge on any atom is -0.491 e. The first-order valence-corrected chi connectivity index (χ1v) is 6.91. The zero-order valence-corrected chi connectivity index (χ0v) is 12.3. The van der Waals surface area contributed by atoms with Crippen LogP contribution in [0.4, 0.5) is 11.4 Å². The molecule has 2 aromatic carbocycles. The van der Waals surface area contributed by atoms with Crippen molar-refractivity contribution in [2.24, 2.45) is 10.2 Å². The normalized spacial score (nSPS) is 10.9. The number of hydrogen-bond donors (Lipinski definition) is 0. The standard InChI is InChI=1S/C17H20N2O/c1-4-10-20-17-9-8-14(3)12-16(17)19-18-15-7-5-6-13(2)11-15/h5-9,11-12H,4,10H2,1-3H3. The predicted octanol–water partition coefficient (Wildman–Crippen LogP) is 5.51. The molecule has 20 heavy (non-hydrogen) atoms. The molecule has 0 spiro atoms. The summed E-state index contributed by atoms with van der Waals surface area (Å²) in [6, 6.07) is 13.9. The topological polar surface area (TPSA) is 34.0 Å². The largest absolute Gasteiger partial charge is 0.491 e. The van der Waals surface area contributed by atoms with Gasteiger partial charge >= 0.3 is 0 Å². The van der Waals surface area contributed by atoms with Crippen LogP contribution < -0.4 is 4.74 Å². The van der Waals surface area contributed by atoms with Crippen LogP contribution in [0.3, 0.4) is 0 Å². The van der Waals surface area contributed by atoms with E-state index >= 15 is 0 Å². The van der Waals surface area contributed by atoms with Crippen molar-refractivity contribution in [1.82, 2.24) is 0 Å². The zero-order valence-electron chi connectivity index (χ0n) is 12.3. The second-order valence-corrected chi connectivity index (χ2v) is 4.86. The number of hydrogen-bond acceptors (Lipinski definition) is 3. The molecular formula is C17H20N2O. The van der Waals surface area contributed by atoms with Crippen LogP contribution in [0.25, 0.3) is 0 Å². The monoisotopic (exact) mass is 268 g/mol. The Kier molecular flexibility index (Phi) is 4.88. The number of aryl methyl sites for hydroxylation is 2. The molecule has 0 aliphatic carbocycles. The molecule has 0 fully saturated rings. The van der Waals surface area contributed by atoms with Crippen molar-refractivity contribution in [2.45, 2.75) is 27.2 Å². The average Bonchev–Trinajstić information content (AvgIpc) is 2.44. The third kappa shape index (κ3) is 3.92. The van der Waals surface area contributed by atoms with E-state index in [0.717, 1.165) is 29.1 Å². The highest BCUT2D eigenvalue weighted by atomic mass is 16.5. The molecule has 0 heterocycles. The fourth-order valence-corrected chi connectivity index (χ4v) is 1.84. The third-order valence-corrected chi connectivity index (χ3v) is 2.85. The molecule has 2 rings (SSSR count). The molecule has 0 saturated carbocycles. The van der Waals surface area contributed by atoms with Gasteiger partial charge in [-0.25, -0.2) is 0 Å². The number of rotatable bonds is 5. The maximum Gasteiger partial charge on any atom is 0.146 e. The zero-order chi connectivity index (χ0) is 14.4. The van der Waals surface area contributed by atoms with E-state index in [4.69, 9.17) is 4.74 Å². The first-order valence-electron chi connectivity index (χ1n) is 6.91. The smallest absolute Gasteiger partial charge is 0.146 e. The maximum absolute atomic E-state index is 5.70. The Labute approximate surface area is 120 Å². The van der Waals surface area contributed by atoms with E-state index < -0.39 is 0 Å². The Morgan fingerprint density at radius 1 is 0.950 bits per heavy atom. The third-order valence-electron chi connectivity index (χ3n) is 2.85. The molecule has 104 valence electrons. The summed E-state index contributed by atoms with van der Waals surface area (Å²) in [4.78, 5) is 0. The lowest BCUT2D eigenvalue weighted by Crippen LogP contribution is -1.95. The van der Waals surface area contributed by atoms with Crippen LogP contribution in [-0.2, 0) is 0 Å². The van der Waals surface area contributed by atoms with Gasteiger partial charge in [0.2, 0.25) is 0 Å². The van der Waals surface area contributed by atoms with Crippen molar-refractivity contribution in [1.29, 1.82) is 0 Å². The van der Waals surface area contributed by atoms with E-state index in [9.17, 15) is 0 Å². The van der Waals surface area contributed by atoms with E-state index in [1.54, 1.807) is 0 Å². The predicted molar refractivity (Wildman–Crippen MR) is 82.3 cm³/mol. The van der Waals surface area contributed by atoms with E-state index in [1.807, 2.05) is 56.3 Å². The van der Waals surface area contributed by atoms with Crippen molar-refractivity contribution >= 4 is 11.4 Å². The average molecular weight is 268 g/mol.